The van der Waals surface area contributed by atoms with Gasteiger partial charge in [0.2, 0.25) is 0 Å². The SMILES string of the molecule is CCOC(=O)COc1ccc(C(CC)(CC)c2ccc(OCC(=O)OCC)c(C)c2)cc1C. The van der Waals surface area contributed by atoms with Gasteiger partial charge in [0.05, 0.1) is 13.2 Å². The summed E-state index contributed by atoms with van der Waals surface area (Å²) in [7, 11) is 0. The molecule has 2 rings (SSSR count). The Morgan fingerprint density at radius 1 is 0.697 bits per heavy atom. The van der Waals surface area contributed by atoms with Crippen LogP contribution in [-0.4, -0.2) is 38.4 Å². The van der Waals surface area contributed by atoms with Crippen molar-refractivity contribution >= 4 is 11.9 Å². The fourth-order valence-electron chi connectivity index (χ4n) is 4.13. The van der Waals surface area contributed by atoms with Crippen molar-refractivity contribution in [1.82, 2.24) is 0 Å². The molecule has 0 aliphatic carbocycles. The van der Waals surface area contributed by atoms with Crippen LogP contribution in [0, 0.1) is 13.8 Å². The molecule has 0 bridgehead atoms. The van der Waals surface area contributed by atoms with Crippen molar-refractivity contribution in [3.63, 3.8) is 0 Å². The molecule has 0 unspecified atom stereocenters. The van der Waals surface area contributed by atoms with Crippen molar-refractivity contribution in [3.8, 4) is 11.5 Å². The Labute approximate surface area is 197 Å². The highest BCUT2D eigenvalue weighted by Crippen LogP contribution is 2.41. The maximum Gasteiger partial charge on any atom is 0.344 e. The summed E-state index contributed by atoms with van der Waals surface area (Å²) in [6, 6.07) is 12.3. The highest BCUT2D eigenvalue weighted by molar-refractivity contribution is 5.71. The van der Waals surface area contributed by atoms with Crippen LogP contribution in [0.2, 0.25) is 0 Å². The molecule has 0 saturated carbocycles. The van der Waals surface area contributed by atoms with E-state index in [4.69, 9.17) is 18.9 Å². The van der Waals surface area contributed by atoms with E-state index in [-0.39, 0.29) is 30.6 Å². The predicted molar refractivity (Wildman–Crippen MR) is 128 cm³/mol. The van der Waals surface area contributed by atoms with Crippen molar-refractivity contribution in [2.24, 2.45) is 0 Å². The molecule has 6 heteroatoms. The molecule has 0 N–H and O–H groups in total. The number of esters is 2. The molecule has 0 atom stereocenters. The van der Waals surface area contributed by atoms with E-state index in [0.29, 0.717) is 24.7 Å². The standard InChI is InChI=1S/C27H36O6/c1-7-27(8-2,21-11-13-23(19(5)15-21)32-17-25(28)30-9-3)22-12-14-24(20(6)16-22)33-18-26(29)31-10-4/h11-16H,7-10,17-18H2,1-6H3. The second-order valence-electron chi connectivity index (χ2n) is 7.94. The predicted octanol–water partition coefficient (Wildman–Crippen LogP) is 5.29. The van der Waals surface area contributed by atoms with Crippen LogP contribution in [-0.2, 0) is 24.5 Å². The normalized spacial score (nSPS) is 11.1. The van der Waals surface area contributed by atoms with Crippen LogP contribution >= 0.6 is 0 Å². The summed E-state index contributed by atoms with van der Waals surface area (Å²) < 4.78 is 21.2. The molecule has 0 spiro atoms. The van der Waals surface area contributed by atoms with Crippen LogP contribution in [0.3, 0.4) is 0 Å². The first kappa shape index (κ1) is 26.2. The number of benzene rings is 2. The van der Waals surface area contributed by atoms with Crippen molar-refractivity contribution in [2.75, 3.05) is 26.4 Å². The summed E-state index contributed by atoms with van der Waals surface area (Å²) in [5.41, 5.74) is 4.12. The highest BCUT2D eigenvalue weighted by atomic mass is 16.6. The molecule has 0 aliphatic rings. The molecule has 2 aromatic rings. The van der Waals surface area contributed by atoms with E-state index in [1.54, 1.807) is 13.8 Å². The topological polar surface area (TPSA) is 71.1 Å². The lowest BCUT2D eigenvalue weighted by atomic mass is 9.70. The van der Waals surface area contributed by atoms with Gasteiger partial charge in [-0.1, -0.05) is 38.1 Å². The minimum atomic E-state index is -0.377. The van der Waals surface area contributed by atoms with Gasteiger partial charge >= 0.3 is 11.9 Å². The van der Waals surface area contributed by atoms with Crippen LogP contribution < -0.4 is 9.47 Å². The first-order chi connectivity index (χ1) is 15.8. The molecule has 180 valence electrons. The molecule has 6 nitrogen and oxygen atoms in total. The molecule has 0 heterocycles. The lowest BCUT2D eigenvalue weighted by Crippen LogP contribution is -2.26. The van der Waals surface area contributed by atoms with Crippen molar-refractivity contribution in [1.29, 1.82) is 0 Å². The quantitative estimate of drug-likeness (QED) is 0.404. The zero-order valence-electron chi connectivity index (χ0n) is 20.7. The summed E-state index contributed by atoms with van der Waals surface area (Å²) in [5, 5.41) is 0. The van der Waals surface area contributed by atoms with E-state index in [0.717, 1.165) is 24.0 Å². The van der Waals surface area contributed by atoms with Crippen LogP contribution in [0.5, 0.6) is 11.5 Å². The fourth-order valence-corrected chi connectivity index (χ4v) is 4.13. The summed E-state index contributed by atoms with van der Waals surface area (Å²) in [6.07, 6.45) is 1.82. The highest BCUT2D eigenvalue weighted by Gasteiger charge is 2.31. The number of carbonyl (C=O) groups is 2. The average molecular weight is 457 g/mol. The Kier molecular flexibility index (Phi) is 9.76. The van der Waals surface area contributed by atoms with Gasteiger partial charge < -0.3 is 18.9 Å². The number of ether oxygens (including phenoxy) is 4. The lowest BCUT2D eigenvalue weighted by Gasteiger charge is -2.34. The van der Waals surface area contributed by atoms with E-state index in [9.17, 15) is 9.59 Å². The Hall–Kier alpha value is -3.02. The molecule has 0 radical (unpaired) electrons. The molecular formula is C27H36O6. The van der Waals surface area contributed by atoms with Gasteiger partial charge in [0.1, 0.15) is 11.5 Å². The van der Waals surface area contributed by atoms with Crippen LogP contribution in [0.25, 0.3) is 0 Å². The van der Waals surface area contributed by atoms with Gasteiger partial charge in [0, 0.05) is 5.41 Å². The minimum Gasteiger partial charge on any atom is -0.482 e. The van der Waals surface area contributed by atoms with Gasteiger partial charge in [0.25, 0.3) is 0 Å². The smallest absolute Gasteiger partial charge is 0.344 e. The number of hydrogen-bond donors (Lipinski definition) is 0. The number of aryl methyl sites for hydroxylation is 2. The van der Waals surface area contributed by atoms with Crippen LogP contribution in [0.1, 0.15) is 62.8 Å². The van der Waals surface area contributed by atoms with Gasteiger partial charge in [-0.3, -0.25) is 0 Å². The maximum atomic E-state index is 11.6. The molecule has 2 aromatic carbocycles. The van der Waals surface area contributed by atoms with Gasteiger partial charge in [-0.05, 0) is 74.9 Å². The largest absolute Gasteiger partial charge is 0.482 e. The molecule has 0 amide bonds. The third-order valence-corrected chi connectivity index (χ3v) is 5.96. The minimum absolute atomic E-state index is 0.104. The van der Waals surface area contributed by atoms with E-state index < -0.39 is 0 Å². The number of hydrogen-bond acceptors (Lipinski definition) is 6. The molecule has 0 fully saturated rings. The average Bonchev–Trinajstić information content (AvgIpc) is 2.79. The Balaban J connectivity index is 2.28. The molecule has 0 aromatic heterocycles. The fraction of sp³-hybridized carbons (Fsp3) is 0.481. The van der Waals surface area contributed by atoms with Gasteiger partial charge in [-0.25, -0.2) is 9.59 Å². The van der Waals surface area contributed by atoms with E-state index >= 15 is 0 Å². The van der Waals surface area contributed by atoms with Crippen molar-refractivity contribution < 1.29 is 28.5 Å². The van der Waals surface area contributed by atoms with E-state index in [2.05, 4.69) is 38.1 Å². The third-order valence-electron chi connectivity index (χ3n) is 5.96. The van der Waals surface area contributed by atoms with Crippen LogP contribution in [0.4, 0.5) is 0 Å². The lowest BCUT2D eigenvalue weighted by molar-refractivity contribution is -0.146. The molecule has 33 heavy (non-hydrogen) atoms. The third kappa shape index (κ3) is 6.50. The summed E-state index contributed by atoms with van der Waals surface area (Å²) in [5.74, 6) is 0.593. The Morgan fingerprint density at radius 2 is 1.09 bits per heavy atom. The van der Waals surface area contributed by atoms with E-state index in [1.165, 1.54) is 11.1 Å². The maximum absolute atomic E-state index is 11.6. The molecule has 0 saturated heterocycles. The van der Waals surface area contributed by atoms with Gasteiger partial charge in [-0.15, -0.1) is 0 Å². The first-order valence-electron chi connectivity index (χ1n) is 11.6. The second-order valence-corrected chi connectivity index (χ2v) is 7.94. The number of rotatable bonds is 12. The monoisotopic (exact) mass is 456 g/mol. The Morgan fingerprint density at radius 3 is 1.39 bits per heavy atom. The van der Waals surface area contributed by atoms with Gasteiger partial charge in [-0.2, -0.15) is 0 Å². The van der Waals surface area contributed by atoms with Gasteiger partial charge in [0.15, 0.2) is 13.2 Å². The molecule has 0 aliphatic heterocycles. The first-order valence-corrected chi connectivity index (χ1v) is 11.6. The van der Waals surface area contributed by atoms with Crippen molar-refractivity contribution in [2.45, 2.75) is 59.8 Å². The number of carbonyl (C=O) groups excluding carboxylic acids is 2. The Bertz CT molecular complexity index is 872. The zero-order valence-corrected chi connectivity index (χ0v) is 20.7. The zero-order chi connectivity index (χ0) is 24.4. The molecular weight excluding hydrogens is 420 g/mol. The second kappa shape index (κ2) is 12.3. The van der Waals surface area contributed by atoms with E-state index in [1.807, 2.05) is 26.0 Å². The summed E-state index contributed by atoms with van der Waals surface area (Å²) >= 11 is 0. The van der Waals surface area contributed by atoms with Crippen molar-refractivity contribution in [3.05, 3.63) is 58.7 Å². The van der Waals surface area contributed by atoms with Crippen LogP contribution in [0.15, 0.2) is 36.4 Å². The summed E-state index contributed by atoms with van der Waals surface area (Å²) in [4.78, 5) is 23.2. The summed E-state index contributed by atoms with van der Waals surface area (Å²) in [6.45, 7) is 12.3.